The molecule has 2 atom stereocenters. The highest BCUT2D eigenvalue weighted by atomic mass is 16.4. The van der Waals surface area contributed by atoms with Crippen molar-refractivity contribution < 1.29 is 15.0 Å². The van der Waals surface area contributed by atoms with Gasteiger partial charge >= 0.3 is 5.97 Å². The van der Waals surface area contributed by atoms with Crippen LogP contribution in [0.3, 0.4) is 0 Å². The van der Waals surface area contributed by atoms with E-state index >= 15 is 0 Å². The molecule has 98 valence electrons. The Morgan fingerprint density at radius 2 is 2.22 bits per heavy atom. The number of carboxylic acids is 1. The molecule has 0 saturated carbocycles. The number of carbonyl (C=O) groups is 1. The first-order valence-electron chi connectivity index (χ1n) is 6.36. The third kappa shape index (κ3) is 2.54. The van der Waals surface area contributed by atoms with Gasteiger partial charge in [0.2, 0.25) is 0 Å². The van der Waals surface area contributed by atoms with E-state index in [-0.39, 0.29) is 0 Å². The van der Waals surface area contributed by atoms with Crippen LogP contribution in [0.4, 0.5) is 0 Å². The lowest BCUT2D eigenvalue weighted by molar-refractivity contribution is -0.144. The number of β-amino-alcohol motifs (C(OH)–C–C–N with tert-alkyl or cyclic N) is 1. The summed E-state index contributed by atoms with van der Waals surface area (Å²) in [7, 11) is 0. The van der Waals surface area contributed by atoms with Crippen LogP contribution in [-0.4, -0.2) is 40.3 Å². The number of benzene rings is 1. The average Bonchev–Trinajstić information content (AvgIpc) is 2.37. The first-order chi connectivity index (χ1) is 8.63. The van der Waals surface area contributed by atoms with Crippen LogP contribution in [0, 0.1) is 0 Å². The standard InChI is InChI=1S/C14H19NO3/c1-2-11(16)9-15-8-7-10-5-3-4-6-12(10)13(15)14(17)18/h3-6,11,13,16H,2,7-9H2,1H3,(H,17,18). The predicted octanol–water partition coefficient (Wildman–Crippen LogP) is 1.44. The molecule has 0 radical (unpaired) electrons. The summed E-state index contributed by atoms with van der Waals surface area (Å²) < 4.78 is 0. The predicted molar refractivity (Wildman–Crippen MR) is 68.4 cm³/mol. The molecule has 1 heterocycles. The number of fused-ring (bicyclic) bond motifs is 1. The minimum absolute atomic E-state index is 0.418. The maximum absolute atomic E-state index is 11.5. The number of carboxylic acid groups (broad SMARTS) is 1. The molecule has 1 aliphatic heterocycles. The maximum atomic E-state index is 11.5. The van der Waals surface area contributed by atoms with Crippen molar-refractivity contribution in [2.75, 3.05) is 13.1 Å². The van der Waals surface area contributed by atoms with E-state index in [0.29, 0.717) is 19.5 Å². The Hall–Kier alpha value is -1.39. The van der Waals surface area contributed by atoms with Crippen LogP contribution in [0.1, 0.15) is 30.5 Å². The zero-order valence-electron chi connectivity index (χ0n) is 10.5. The zero-order valence-corrected chi connectivity index (χ0v) is 10.5. The summed E-state index contributed by atoms with van der Waals surface area (Å²) in [6.07, 6.45) is 1.03. The van der Waals surface area contributed by atoms with E-state index in [0.717, 1.165) is 17.5 Å². The van der Waals surface area contributed by atoms with E-state index < -0.39 is 18.1 Å². The molecule has 0 amide bonds. The summed E-state index contributed by atoms with van der Waals surface area (Å²) in [5.74, 6) is -0.842. The largest absolute Gasteiger partial charge is 0.480 e. The van der Waals surface area contributed by atoms with Crippen LogP contribution in [0.15, 0.2) is 24.3 Å². The SMILES string of the molecule is CCC(O)CN1CCc2ccccc2C1C(=O)O. The van der Waals surface area contributed by atoms with Crippen molar-refractivity contribution in [1.82, 2.24) is 4.90 Å². The number of aliphatic hydroxyl groups is 1. The first kappa shape index (κ1) is 13.1. The topological polar surface area (TPSA) is 60.8 Å². The van der Waals surface area contributed by atoms with Crippen LogP contribution in [0.25, 0.3) is 0 Å². The summed E-state index contributed by atoms with van der Waals surface area (Å²) in [6, 6.07) is 7.04. The Morgan fingerprint density at radius 1 is 1.50 bits per heavy atom. The highest BCUT2D eigenvalue weighted by molar-refractivity contribution is 5.76. The van der Waals surface area contributed by atoms with Gasteiger partial charge in [0.1, 0.15) is 6.04 Å². The number of aliphatic carboxylic acids is 1. The van der Waals surface area contributed by atoms with Crippen molar-refractivity contribution in [3.63, 3.8) is 0 Å². The highest BCUT2D eigenvalue weighted by Gasteiger charge is 2.33. The Kier molecular flexibility index (Phi) is 3.99. The fourth-order valence-electron chi connectivity index (χ4n) is 2.50. The molecular formula is C14H19NO3. The van der Waals surface area contributed by atoms with Crippen LogP contribution in [-0.2, 0) is 11.2 Å². The summed E-state index contributed by atoms with van der Waals surface area (Å²) in [4.78, 5) is 13.3. The number of rotatable bonds is 4. The molecule has 18 heavy (non-hydrogen) atoms. The number of aliphatic hydroxyl groups excluding tert-OH is 1. The molecule has 0 spiro atoms. The summed E-state index contributed by atoms with van der Waals surface area (Å²) >= 11 is 0. The third-order valence-electron chi connectivity index (χ3n) is 3.53. The van der Waals surface area contributed by atoms with E-state index in [4.69, 9.17) is 0 Å². The molecule has 0 bridgehead atoms. The van der Waals surface area contributed by atoms with E-state index in [2.05, 4.69) is 0 Å². The number of hydrogen-bond donors (Lipinski definition) is 2. The van der Waals surface area contributed by atoms with Crippen LogP contribution < -0.4 is 0 Å². The molecular weight excluding hydrogens is 230 g/mol. The zero-order chi connectivity index (χ0) is 13.1. The van der Waals surface area contributed by atoms with Gasteiger partial charge in [0, 0.05) is 13.1 Å². The highest BCUT2D eigenvalue weighted by Crippen LogP contribution is 2.29. The van der Waals surface area contributed by atoms with Crippen molar-refractivity contribution in [3.05, 3.63) is 35.4 Å². The van der Waals surface area contributed by atoms with E-state index in [1.807, 2.05) is 36.1 Å². The lowest BCUT2D eigenvalue weighted by Crippen LogP contribution is -2.43. The molecule has 2 unspecified atom stereocenters. The number of hydrogen-bond acceptors (Lipinski definition) is 3. The van der Waals surface area contributed by atoms with Gasteiger partial charge in [-0.05, 0) is 24.0 Å². The van der Waals surface area contributed by atoms with Gasteiger partial charge in [-0.15, -0.1) is 0 Å². The van der Waals surface area contributed by atoms with Gasteiger partial charge < -0.3 is 10.2 Å². The van der Waals surface area contributed by atoms with Gasteiger partial charge in [-0.1, -0.05) is 31.2 Å². The Labute approximate surface area is 107 Å². The van der Waals surface area contributed by atoms with Crippen LogP contribution >= 0.6 is 0 Å². The van der Waals surface area contributed by atoms with Crippen LogP contribution in [0.5, 0.6) is 0 Å². The summed E-state index contributed by atoms with van der Waals surface area (Å²) in [5.41, 5.74) is 1.96. The molecule has 4 nitrogen and oxygen atoms in total. The Balaban J connectivity index is 2.27. The Morgan fingerprint density at radius 3 is 2.89 bits per heavy atom. The maximum Gasteiger partial charge on any atom is 0.325 e. The Bertz CT molecular complexity index is 433. The monoisotopic (exact) mass is 249 g/mol. The molecule has 2 rings (SSSR count). The van der Waals surface area contributed by atoms with E-state index in [1.165, 1.54) is 0 Å². The second kappa shape index (κ2) is 5.50. The molecule has 0 fully saturated rings. The van der Waals surface area contributed by atoms with Crippen molar-refractivity contribution >= 4 is 5.97 Å². The quantitative estimate of drug-likeness (QED) is 0.847. The van der Waals surface area contributed by atoms with E-state index in [1.54, 1.807) is 0 Å². The van der Waals surface area contributed by atoms with Crippen LogP contribution in [0.2, 0.25) is 0 Å². The smallest absolute Gasteiger partial charge is 0.325 e. The van der Waals surface area contributed by atoms with Gasteiger partial charge in [-0.2, -0.15) is 0 Å². The normalized spacial score (nSPS) is 21.3. The minimum Gasteiger partial charge on any atom is -0.480 e. The molecule has 1 aliphatic rings. The van der Waals surface area contributed by atoms with E-state index in [9.17, 15) is 15.0 Å². The second-order valence-corrected chi connectivity index (χ2v) is 4.75. The lowest BCUT2D eigenvalue weighted by atomic mass is 9.92. The fourth-order valence-corrected chi connectivity index (χ4v) is 2.50. The van der Waals surface area contributed by atoms with Gasteiger partial charge in [0.15, 0.2) is 0 Å². The van der Waals surface area contributed by atoms with Gasteiger partial charge in [0.05, 0.1) is 6.10 Å². The summed E-state index contributed by atoms with van der Waals surface area (Å²) in [5, 5.41) is 19.1. The lowest BCUT2D eigenvalue weighted by Gasteiger charge is -2.35. The molecule has 1 aromatic carbocycles. The molecule has 4 heteroatoms. The first-order valence-corrected chi connectivity index (χ1v) is 6.36. The average molecular weight is 249 g/mol. The van der Waals surface area contributed by atoms with Crippen molar-refractivity contribution in [1.29, 1.82) is 0 Å². The second-order valence-electron chi connectivity index (χ2n) is 4.75. The molecule has 2 N–H and O–H groups in total. The van der Waals surface area contributed by atoms with Gasteiger partial charge in [-0.25, -0.2) is 0 Å². The van der Waals surface area contributed by atoms with Crippen molar-refractivity contribution in [2.24, 2.45) is 0 Å². The van der Waals surface area contributed by atoms with Gasteiger partial charge in [-0.3, -0.25) is 9.69 Å². The summed E-state index contributed by atoms with van der Waals surface area (Å²) in [6.45, 7) is 3.01. The van der Waals surface area contributed by atoms with Crippen molar-refractivity contribution in [3.8, 4) is 0 Å². The van der Waals surface area contributed by atoms with Gasteiger partial charge in [0.25, 0.3) is 0 Å². The van der Waals surface area contributed by atoms with Crippen molar-refractivity contribution in [2.45, 2.75) is 31.9 Å². The molecule has 1 aromatic rings. The molecule has 0 saturated heterocycles. The number of nitrogens with zero attached hydrogens (tertiary/aromatic N) is 1. The third-order valence-corrected chi connectivity index (χ3v) is 3.53. The minimum atomic E-state index is -0.842. The molecule has 0 aliphatic carbocycles. The fraction of sp³-hybridized carbons (Fsp3) is 0.500. The molecule has 0 aromatic heterocycles.